The fourth-order valence-corrected chi connectivity index (χ4v) is 3.77. The number of aryl methyl sites for hydroxylation is 2. The van der Waals surface area contributed by atoms with Crippen molar-refractivity contribution in [1.29, 1.82) is 0 Å². The van der Waals surface area contributed by atoms with Gasteiger partial charge in [-0.2, -0.15) is 0 Å². The van der Waals surface area contributed by atoms with Crippen molar-refractivity contribution in [2.45, 2.75) is 58.8 Å². The molecule has 3 aromatic carbocycles. The summed E-state index contributed by atoms with van der Waals surface area (Å²) in [5.41, 5.74) is 8.53. The molecule has 0 heterocycles. The maximum Gasteiger partial charge on any atom is -0.00230 e. The van der Waals surface area contributed by atoms with Gasteiger partial charge >= 0.3 is 0 Å². The van der Waals surface area contributed by atoms with E-state index in [-0.39, 0.29) is 0 Å². The van der Waals surface area contributed by atoms with Crippen LogP contribution in [-0.4, -0.2) is 0 Å². The van der Waals surface area contributed by atoms with Crippen molar-refractivity contribution >= 4 is 0 Å². The Morgan fingerprint density at radius 2 is 1.30 bits per heavy atom. The van der Waals surface area contributed by atoms with Crippen molar-refractivity contribution in [3.63, 3.8) is 0 Å². The Hall–Kier alpha value is -2.34. The quantitative estimate of drug-likeness (QED) is 0.353. The van der Waals surface area contributed by atoms with Gasteiger partial charge in [0.25, 0.3) is 0 Å². The first-order valence-corrected chi connectivity index (χ1v) is 10.4. The van der Waals surface area contributed by atoms with Crippen molar-refractivity contribution in [1.82, 2.24) is 0 Å². The molecular weight excluding hydrogens is 324 g/mol. The molecule has 0 amide bonds. The summed E-state index contributed by atoms with van der Waals surface area (Å²) in [7, 11) is 0. The van der Waals surface area contributed by atoms with E-state index in [2.05, 4.69) is 86.6 Å². The predicted molar refractivity (Wildman–Crippen MR) is 118 cm³/mol. The van der Waals surface area contributed by atoms with Gasteiger partial charge in [-0.15, -0.1) is 0 Å². The van der Waals surface area contributed by atoms with E-state index in [1.54, 1.807) is 0 Å². The van der Waals surface area contributed by atoms with Gasteiger partial charge in [-0.3, -0.25) is 0 Å². The van der Waals surface area contributed by atoms with E-state index >= 15 is 0 Å². The van der Waals surface area contributed by atoms with Gasteiger partial charge in [0.1, 0.15) is 0 Å². The van der Waals surface area contributed by atoms with E-state index in [1.165, 1.54) is 65.5 Å². The molecule has 0 aliphatic rings. The van der Waals surface area contributed by atoms with Gasteiger partial charge < -0.3 is 0 Å². The molecule has 0 aliphatic carbocycles. The lowest BCUT2D eigenvalue weighted by atomic mass is 9.95. The van der Waals surface area contributed by atoms with E-state index < -0.39 is 0 Å². The molecule has 0 radical (unpaired) electrons. The Kier molecular flexibility index (Phi) is 7.27. The molecule has 0 N–H and O–H groups in total. The molecule has 0 saturated carbocycles. The van der Waals surface area contributed by atoms with Crippen LogP contribution in [0.3, 0.4) is 0 Å². The van der Waals surface area contributed by atoms with Crippen molar-refractivity contribution < 1.29 is 0 Å². The molecule has 0 atom stereocenters. The highest BCUT2D eigenvalue weighted by Gasteiger charge is 2.04. The smallest absolute Gasteiger partial charge is 0.00230 e. The minimum absolute atomic E-state index is 1.01. The lowest BCUT2D eigenvalue weighted by molar-refractivity contribution is 0.665. The van der Waals surface area contributed by atoms with Crippen LogP contribution < -0.4 is 0 Å². The number of hydrogen-bond acceptors (Lipinski definition) is 0. The Labute approximate surface area is 165 Å². The zero-order valence-corrected chi connectivity index (χ0v) is 16.9. The monoisotopic (exact) mass is 356 g/mol. The van der Waals surface area contributed by atoms with Gasteiger partial charge in [0, 0.05) is 0 Å². The Balaban J connectivity index is 1.63. The fraction of sp³-hybridized carbons (Fsp3) is 0.333. The second-order valence-corrected chi connectivity index (χ2v) is 7.74. The average Bonchev–Trinajstić information content (AvgIpc) is 2.68. The van der Waals surface area contributed by atoms with E-state index in [9.17, 15) is 0 Å². The summed E-state index contributed by atoms with van der Waals surface area (Å²) in [5.74, 6) is 0. The van der Waals surface area contributed by atoms with E-state index in [0.29, 0.717) is 0 Å². The summed E-state index contributed by atoms with van der Waals surface area (Å²) in [6.07, 6.45) is 8.56. The molecule has 3 aromatic rings. The number of benzene rings is 3. The summed E-state index contributed by atoms with van der Waals surface area (Å²) < 4.78 is 0. The van der Waals surface area contributed by atoms with Crippen molar-refractivity contribution in [3.8, 4) is 0 Å². The summed E-state index contributed by atoms with van der Waals surface area (Å²) in [5, 5.41) is 0. The normalized spacial score (nSPS) is 10.9. The summed E-state index contributed by atoms with van der Waals surface area (Å²) in [4.78, 5) is 0. The van der Waals surface area contributed by atoms with E-state index in [1.807, 2.05) is 0 Å². The molecule has 140 valence electrons. The van der Waals surface area contributed by atoms with Crippen molar-refractivity contribution in [2.24, 2.45) is 0 Å². The molecule has 0 nitrogen and oxygen atoms in total. The lowest BCUT2D eigenvalue weighted by Gasteiger charge is -2.10. The molecule has 0 aromatic heterocycles. The van der Waals surface area contributed by atoms with Crippen molar-refractivity contribution in [3.05, 3.63) is 106 Å². The maximum atomic E-state index is 2.31. The second-order valence-electron chi connectivity index (χ2n) is 7.74. The Morgan fingerprint density at radius 1 is 0.593 bits per heavy atom. The third kappa shape index (κ3) is 6.10. The SMILES string of the molecule is CCCCCCc1ccccc1Cc1ccc(Cc2cccc(C)c2)cc1. The molecule has 0 fully saturated rings. The molecule has 0 saturated heterocycles. The van der Waals surface area contributed by atoms with Crippen LogP contribution in [0, 0.1) is 6.92 Å². The van der Waals surface area contributed by atoms with Gasteiger partial charge in [0.05, 0.1) is 0 Å². The van der Waals surface area contributed by atoms with Gasteiger partial charge in [-0.25, -0.2) is 0 Å². The topological polar surface area (TPSA) is 0 Å². The summed E-state index contributed by atoms with van der Waals surface area (Å²) >= 11 is 0. The summed E-state index contributed by atoms with van der Waals surface area (Å²) in [6, 6.07) is 27.0. The molecule has 3 rings (SSSR count). The number of hydrogen-bond donors (Lipinski definition) is 0. The highest BCUT2D eigenvalue weighted by molar-refractivity contribution is 5.35. The Morgan fingerprint density at radius 3 is 2.00 bits per heavy atom. The third-order valence-electron chi connectivity index (χ3n) is 5.33. The first kappa shape index (κ1) is 19.4. The Bertz CT molecular complexity index is 827. The lowest BCUT2D eigenvalue weighted by Crippen LogP contribution is -1.97. The third-order valence-corrected chi connectivity index (χ3v) is 5.33. The van der Waals surface area contributed by atoms with Crippen LogP contribution in [0.15, 0.2) is 72.8 Å². The summed E-state index contributed by atoms with van der Waals surface area (Å²) in [6.45, 7) is 4.43. The van der Waals surface area contributed by atoms with Crippen LogP contribution in [0.2, 0.25) is 0 Å². The van der Waals surface area contributed by atoms with Crippen LogP contribution in [0.4, 0.5) is 0 Å². The molecule has 27 heavy (non-hydrogen) atoms. The number of rotatable bonds is 9. The molecule has 0 aliphatic heterocycles. The zero-order valence-electron chi connectivity index (χ0n) is 16.9. The van der Waals surface area contributed by atoms with Crippen LogP contribution in [0.1, 0.15) is 66.0 Å². The van der Waals surface area contributed by atoms with E-state index in [4.69, 9.17) is 0 Å². The van der Waals surface area contributed by atoms with Crippen LogP contribution in [-0.2, 0) is 19.3 Å². The second kappa shape index (κ2) is 10.1. The highest BCUT2D eigenvalue weighted by Crippen LogP contribution is 2.19. The van der Waals surface area contributed by atoms with Gasteiger partial charge in [0.15, 0.2) is 0 Å². The van der Waals surface area contributed by atoms with Crippen LogP contribution in [0.5, 0.6) is 0 Å². The van der Waals surface area contributed by atoms with Crippen LogP contribution in [0.25, 0.3) is 0 Å². The minimum Gasteiger partial charge on any atom is -0.0654 e. The molecule has 0 unspecified atom stereocenters. The molecule has 0 bridgehead atoms. The molecule has 0 spiro atoms. The standard InChI is InChI=1S/C27H32/c1-3-4-5-6-12-26-13-7-8-14-27(26)21-24-17-15-23(16-18-24)20-25-11-9-10-22(2)19-25/h7-11,13-19H,3-6,12,20-21H2,1-2H3. The molecular formula is C27H32. The first-order chi connectivity index (χ1) is 13.2. The maximum absolute atomic E-state index is 2.31. The highest BCUT2D eigenvalue weighted by atomic mass is 14.1. The van der Waals surface area contributed by atoms with Gasteiger partial charge in [0.2, 0.25) is 0 Å². The minimum atomic E-state index is 1.01. The first-order valence-electron chi connectivity index (χ1n) is 10.4. The van der Waals surface area contributed by atoms with Gasteiger partial charge in [-0.05, 0) is 60.4 Å². The van der Waals surface area contributed by atoms with Crippen LogP contribution >= 0.6 is 0 Å². The predicted octanol–water partition coefficient (Wildman–Crippen LogP) is 7.30. The molecule has 0 heteroatoms. The van der Waals surface area contributed by atoms with E-state index in [0.717, 1.165) is 12.8 Å². The van der Waals surface area contributed by atoms with Gasteiger partial charge in [-0.1, -0.05) is 105 Å². The number of unbranched alkanes of at least 4 members (excludes halogenated alkanes) is 3. The largest absolute Gasteiger partial charge is 0.0654 e. The van der Waals surface area contributed by atoms with Crippen molar-refractivity contribution in [2.75, 3.05) is 0 Å². The zero-order chi connectivity index (χ0) is 18.9. The fourth-order valence-electron chi connectivity index (χ4n) is 3.77. The average molecular weight is 357 g/mol.